The molecule has 0 bridgehead atoms. The Labute approximate surface area is 731 Å². The zero-order valence-electron chi connectivity index (χ0n) is 78.8. The van der Waals surface area contributed by atoms with Crippen molar-refractivity contribution in [2.45, 2.75) is 453 Å². The van der Waals surface area contributed by atoms with Crippen LogP contribution in [0, 0.1) is 94.7 Å². The van der Waals surface area contributed by atoms with Crippen LogP contribution in [0.2, 0.25) is 0 Å². The maximum atomic E-state index is 5.85. The van der Waals surface area contributed by atoms with Gasteiger partial charge in [0.05, 0.1) is 26.4 Å². The van der Waals surface area contributed by atoms with Crippen molar-refractivity contribution in [2.24, 2.45) is 94.7 Å². The molecule has 0 atom stereocenters. The highest BCUT2D eigenvalue weighted by Gasteiger charge is 2.30. The highest BCUT2D eigenvalue weighted by atomic mass is 16.5. The maximum absolute atomic E-state index is 5.85. The smallest absolute Gasteiger partial charge is 0.119 e. The van der Waals surface area contributed by atoms with Crippen molar-refractivity contribution in [1.82, 2.24) is 0 Å². The van der Waals surface area contributed by atoms with Crippen LogP contribution >= 0.6 is 0 Å². The van der Waals surface area contributed by atoms with Crippen LogP contribution in [0.15, 0.2) is 97.1 Å². The molecule has 8 aliphatic rings. The molecule has 8 fully saturated rings. The van der Waals surface area contributed by atoms with Gasteiger partial charge in [0.1, 0.15) is 23.0 Å². The van der Waals surface area contributed by atoms with Crippen LogP contribution in [0.3, 0.4) is 0 Å². The van der Waals surface area contributed by atoms with Crippen molar-refractivity contribution >= 4 is 0 Å². The molecule has 668 valence electrons. The normalized spacial score (nSPS) is 27.4. The van der Waals surface area contributed by atoms with Crippen LogP contribution in [-0.4, -0.2) is 26.4 Å². The van der Waals surface area contributed by atoms with Crippen LogP contribution in [0.1, 0.15) is 450 Å². The van der Waals surface area contributed by atoms with Gasteiger partial charge in [-0.05, 0) is 243 Å². The molecule has 4 aromatic rings. The minimum atomic E-state index is 0.753. The standard InChI is InChI=1S/C30H50O.C29H48O.C28H46O.C27H44O/c1-3-5-6-24-31-30-22-20-29(21-23-30)19-18-28-16-14-27(15-17-28)13-12-26-10-8-25(7-4-2)9-11-26;1-3-5-23-30-29-21-19-28(20-22-29)18-17-27-15-13-26(14-16-27)12-11-25-9-7-24(6-4-2)8-10-25;1-3-5-23-6-8-24(9-7-23)10-11-25-12-14-26(15-13-25)16-17-27-18-20-28(21-19-27)29-22-4-2;1-3-5-22-6-8-23(9-7-22)10-11-24-12-14-25(15-13-24)16-17-26-18-20-27(21-19-26)28-4-2/h20-23,25-28H,3-19,24H2,1-2H3;19-22,24-27H,3-18,23H2,1-2H3;18-21,23-26H,3-17,22H2,1-2H3;18-25H,3-17H2,1-2H3. The molecule has 0 aromatic heterocycles. The number of benzene rings is 4. The maximum Gasteiger partial charge on any atom is 0.119 e. The van der Waals surface area contributed by atoms with Crippen LogP contribution < -0.4 is 18.9 Å². The molecule has 0 unspecified atom stereocenters. The van der Waals surface area contributed by atoms with E-state index in [2.05, 4.69) is 146 Å². The van der Waals surface area contributed by atoms with Crippen molar-refractivity contribution < 1.29 is 18.9 Å². The summed E-state index contributed by atoms with van der Waals surface area (Å²) in [5.41, 5.74) is 5.93. The molecule has 0 heterocycles. The summed E-state index contributed by atoms with van der Waals surface area (Å²) in [5.74, 6) is 20.6. The van der Waals surface area contributed by atoms with Crippen LogP contribution in [0.4, 0.5) is 0 Å². The number of aryl methyl sites for hydroxylation is 4. The third-order valence-corrected chi connectivity index (χ3v) is 32.1. The Morgan fingerprint density at radius 3 is 0.534 bits per heavy atom. The first kappa shape index (κ1) is 97.9. The summed E-state index contributed by atoms with van der Waals surface area (Å²) in [6.45, 7) is 21.3. The fourth-order valence-corrected chi connectivity index (χ4v) is 23.7. The summed E-state index contributed by atoms with van der Waals surface area (Å²) in [6, 6.07) is 35.4. The highest BCUT2D eigenvalue weighted by Crippen LogP contribution is 2.44. The van der Waals surface area contributed by atoms with Crippen molar-refractivity contribution in [1.29, 1.82) is 0 Å². The lowest BCUT2D eigenvalue weighted by atomic mass is 9.74. The van der Waals surface area contributed by atoms with Crippen molar-refractivity contribution in [3.63, 3.8) is 0 Å². The molecule has 118 heavy (non-hydrogen) atoms. The van der Waals surface area contributed by atoms with Gasteiger partial charge >= 0.3 is 0 Å². The Morgan fingerprint density at radius 2 is 0.347 bits per heavy atom. The molecule has 4 aromatic carbocycles. The van der Waals surface area contributed by atoms with Gasteiger partial charge in [-0.1, -0.05) is 424 Å². The summed E-state index contributed by atoms with van der Waals surface area (Å²) in [5, 5.41) is 0. The van der Waals surface area contributed by atoms with Crippen LogP contribution in [0.25, 0.3) is 0 Å². The minimum Gasteiger partial charge on any atom is -0.494 e. The van der Waals surface area contributed by atoms with E-state index in [4.69, 9.17) is 18.9 Å². The molecule has 4 nitrogen and oxygen atoms in total. The van der Waals surface area contributed by atoms with E-state index in [0.29, 0.717) is 0 Å². The first-order chi connectivity index (χ1) is 58.1. The zero-order valence-corrected chi connectivity index (χ0v) is 78.8. The largest absolute Gasteiger partial charge is 0.494 e. The molecule has 0 saturated heterocycles. The Balaban J connectivity index is 0.000000179. The lowest BCUT2D eigenvalue weighted by Gasteiger charge is -2.32. The predicted octanol–water partition coefficient (Wildman–Crippen LogP) is 35.2. The van der Waals surface area contributed by atoms with E-state index in [1.165, 1.54) is 408 Å². The monoisotopic (exact) mass is 1620 g/mol. The molecule has 8 saturated carbocycles. The van der Waals surface area contributed by atoms with E-state index >= 15 is 0 Å². The average Bonchev–Trinajstić information content (AvgIpc) is 0.890. The quantitative estimate of drug-likeness (QED) is 0.0413. The van der Waals surface area contributed by atoms with E-state index in [1.807, 2.05) is 6.92 Å². The van der Waals surface area contributed by atoms with Gasteiger partial charge in [0.2, 0.25) is 0 Å². The van der Waals surface area contributed by atoms with Gasteiger partial charge in [-0.15, -0.1) is 0 Å². The SMILES string of the molecule is CCCC1CCC(CCC2CCC(CCc3ccc(OCC)cc3)CC2)CC1.CCCCCOc1ccc(CCC2CCC(CCC3CCC(CCC)CC3)CC2)cc1.CCCCOc1ccc(CCC2CCC(CCC3CCC(CCC)CC3)CC2)cc1.CCCOc1ccc(CCC2CCC(CCC3CCC(CCC)CC3)CC2)cc1. The fourth-order valence-electron chi connectivity index (χ4n) is 23.7. The number of hydrogen-bond donors (Lipinski definition) is 0. The second-order valence-electron chi connectivity index (χ2n) is 41.3. The molecular formula is C114H188O4. The fraction of sp³-hybridized carbons (Fsp3) is 0.789. The molecule has 0 amide bonds. The van der Waals surface area contributed by atoms with Gasteiger partial charge in [0.25, 0.3) is 0 Å². The van der Waals surface area contributed by atoms with Crippen LogP contribution in [-0.2, 0) is 25.7 Å². The Kier molecular flexibility index (Phi) is 49.6. The van der Waals surface area contributed by atoms with Crippen molar-refractivity contribution in [3.05, 3.63) is 119 Å². The topological polar surface area (TPSA) is 36.9 Å². The third kappa shape index (κ3) is 39.9. The summed E-state index contributed by atoms with van der Waals surface area (Å²) >= 11 is 0. The summed E-state index contributed by atoms with van der Waals surface area (Å²) in [6.07, 6.45) is 89.5. The number of ether oxygens (including phenoxy) is 4. The summed E-state index contributed by atoms with van der Waals surface area (Å²) < 4.78 is 22.9. The molecule has 4 heteroatoms. The van der Waals surface area contributed by atoms with E-state index in [1.54, 1.807) is 0 Å². The van der Waals surface area contributed by atoms with Crippen molar-refractivity contribution in [3.8, 4) is 23.0 Å². The molecule has 12 rings (SSSR count). The second kappa shape index (κ2) is 59.8. The molecule has 0 N–H and O–H groups in total. The number of rotatable bonds is 46. The predicted molar refractivity (Wildman–Crippen MR) is 512 cm³/mol. The second-order valence-corrected chi connectivity index (χ2v) is 41.3. The molecule has 8 aliphatic carbocycles. The Morgan fingerprint density at radius 1 is 0.169 bits per heavy atom. The van der Waals surface area contributed by atoms with Crippen molar-refractivity contribution in [2.75, 3.05) is 26.4 Å². The first-order valence-electron chi connectivity index (χ1n) is 52.9. The minimum absolute atomic E-state index is 0.753. The van der Waals surface area contributed by atoms with Gasteiger partial charge in [-0.3, -0.25) is 0 Å². The van der Waals surface area contributed by atoms with Gasteiger partial charge in [-0.25, -0.2) is 0 Å². The lowest BCUT2D eigenvalue weighted by Crippen LogP contribution is -2.18. The molecule has 0 radical (unpaired) electrons. The molecule has 0 spiro atoms. The highest BCUT2D eigenvalue weighted by molar-refractivity contribution is 5.30. The van der Waals surface area contributed by atoms with E-state index in [0.717, 1.165) is 157 Å². The summed E-state index contributed by atoms with van der Waals surface area (Å²) in [4.78, 5) is 0. The van der Waals surface area contributed by atoms with Crippen LogP contribution in [0.5, 0.6) is 23.0 Å². The van der Waals surface area contributed by atoms with E-state index < -0.39 is 0 Å². The average molecular weight is 1620 g/mol. The molecular weight excluding hydrogens is 1430 g/mol. The first-order valence-corrected chi connectivity index (χ1v) is 52.9. The van der Waals surface area contributed by atoms with Gasteiger partial charge in [0, 0.05) is 0 Å². The molecule has 0 aliphatic heterocycles. The summed E-state index contributed by atoms with van der Waals surface area (Å²) in [7, 11) is 0. The van der Waals surface area contributed by atoms with Gasteiger partial charge in [0.15, 0.2) is 0 Å². The Hall–Kier alpha value is -3.92. The number of unbranched alkanes of at least 4 members (excludes halogenated alkanes) is 3. The lowest BCUT2D eigenvalue weighted by molar-refractivity contribution is 0.209. The van der Waals surface area contributed by atoms with Gasteiger partial charge in [-0.2, -0.15) is 0 Å². The third-order valence-electron chi connectivity index (χ3n) is 32.1. The van der Waals surface area contributed by atoms with E-state index in [-0.39, 0.29) is 0 Å². The zero-order chi connectivity index (χ0) is 82.7. The van der Waals surface area contributed by atoms with Gasteiger partial charge < -0.3 is 18.9 Å². The number of hydrogen-bond acceptors (Lipinski definition) is 4. The van der Waals surface area contributed by atoms with E-state index in [9.17, 15) is 0 Å². The Bertz CT molecular complexity index is 2980.